The van der Waals surface area contributed by atoms with Crippen molar-refractivity contribution in [3.05, 3.63) is 33.8 Å². The first-order valence-corrected chi connectivity index (χ1v) is 4.28. The zero-order chi connectivity index (χ0) is 10.9. The van der Waals surface area contributed by atoms with E-state index >= 15 is 0 Å². The van der Waals surface area contributed by atoms with Gasteiger partial charge in [0.15, 0.2) is 17.7 Å². The molecule has 0 aliphatic rings. The van der Waals surface area contributed by atoms with E-state index < -0.39 is 29.3 Å². The van der Waals surface area contributed by atoms with Gasteiger partial charge in [-0.15, -0.1) is 0 Å². The van der Waals surface area contributed by atoms with Crippen molar-refractivity contribution in [1.29, 1.82) is 0 Å². The lowest BCUT2D eigenvalue weighted by molar-refractivity contribution is -0.147. The van der Waals surface area contributed by atoms with Gasteiger partial charge < -0.3 is 10.2 Å². The minimum Gasteiger partial charge on any atom is -0.479 e. The Morgan fingerprint density at radius 2 is 2.00 bits per heavy atom. The SMILES string of the molecule is O=C(O)[C@@H](O)c1c(Br)ccc(F)c1F. The van der Waals surface area contributed by atoms with Crippen LogP contribution in [0.25, 0.3) is 0 Å². The van der Waals surface area contributed by atoms with E-state index in [1.54, 1.807) is 0 Å². The summed E-state index contributed by atoms with van der Waals surface area (Å²) < 4.78 is 25.7. The van der Waals surface area contributed by atoms with E-state index in [0.717, 1.165) is 12.1 Å². The predicted octanol–water partition coefficient (Wildman–Crippen LogP) is 1.85. The van der Waals surface area contributed by atoms with Crippen LogP contribution >= 0.6 is 15.9 Å². The molecule has 0 bridgehead atoms. The molecule has 0 heterocycles. The van der Waals surface area contributed by atoms with E-state index in [4.69, 9.17) is 10.2 Å². The van der Waals surface area contributed by atoms with E-state index in [1.165, 1.54) is 0 Å². The van der Waals surface area contributed by atoms with E-state index in [1.807, 2.05) is 0 Å². The van der Waals surface area contributed by atoms with E-state index in [0.29, 0.717) is 0 Å². The molecule has 1 aromatic rings. The topological polar surface area (TPSA) is 57.5 Å². The highest BCUT2D eigenvalue weighted by atomic mass is 79.9. The maximum Gasteiger partial charge on any atom is 0.337 e. The van der Waals surface area contributed by atoms with Gasteiger partial charge in [0.2, 0.25) is 0 Å². The first kappa shape index (κ1) is 11.1. The van der Waals surface area contributed by atoms with Gasteiger partial charge in [-0.1, -0.05) is 15.9 Å². The molecule has 0 aliphatic carbocycles. The zero-order valence-electron chi connectivity index (χ0n) is 6.67. The molecule has 0 saturated heterocycles. The lowest BCUT2D eigenvalue weighted by Crippen LogP contribution is -2.13. The quantitative estimate of drug-likeness (QED) is 0.804. The first-order valence-electron chi connectivity index (χ1n) is 3.49. The lowest BCUT2D eigenvalue weighted by Gasteiger charge is -2.09. The van der Waals surface area contributed by atoms with Gasteiger partial charge in [-0.05, 0) is 12.1 Å². The van der Waals surface area contributed by atoms with Gasteiger partial charge in [-0.25, -0.2) is 13.6 Å². The molecule has 1 aromatic carbocycles. The second-order valence-electron chi connectivity index (χ2n) is 2.50. The van der Waals surface area contributed by atoms with Gasteiger partial charge in [0.05, 0.1) is 0 Å². The fraction of sp³-hybridized carbons (Fsp3) is 0.125. The molecule has 76 valence electrons. The van der Waals surface area contributed by atoms with Crippen LogP contribution in [0.3, 0.4) is 0 Å². The Balaban J connectivity index is 3.32. The minimum absolute atomic E-state index is 0.00583. The highest BCUT2D eigenvalue weighted by Gasteiger charge is 2.24. The number of halogens is 3. The van der Waals surface area contributed by atoms with Crippen LogP contribution in [0.4, 0.5) is 8.78 Å². The summed E-state index contributed by atoms with van der Waals surface area (Å²) in [6.07, 6.45) is -2.08. The number of benzene rings is 1. The van der Waals surface area contributed by atoms with Crippen molar-refractivity contribution in [3.63, 3.8) is 0 Å². The third-order valence-corrected chi connectivity index (χ3v) is 2.28. The van der Waals surface area contributed by atoms with Crippen molar-refractivity contribution in [3.8, 4) is 0 Å². The lowest BCUT2D eigenvalue weighted by atomic mass is 10.1. The summed E-state index contributed by atoms with van der Waals surface area (Å²) >= 11 is 2.82. The Kier molecular flexibility index (Phi) is 3.17. The standard InChI is InChI=1S/C8H5BrF2O3/c9-3-1-2-4(10)6(11)5(3)7(12)8(13)14/h1-2,7,12H,(H,13,14)/t7-/m0/s1. The predicted molar refractivity (Wildman–Crippen MR) is 46.7 cm³/mol. The smallest absolute Gasteiger partial charge is 0.337 e. The molecule has 0 spiro atoms. The number of rotatable bonds is 2. The largest absolute Gasteiger partial charge is 0.479 e. The Labute approximate surface area is 86.1 Å². The second kappa shape index (κ2) is 4.02. The molecule has 1 rings (SSSR count). The second-order valence-corrected chi connectivity index (χ2v) is 3.35. The summed E-state index contributed by atoms with van der Waals surface area (Å²) in [6, 6.07) is 1.96. The van der Waals surface area contributed by atoms with Gasteiger partial charge in [-0.2, -0.15) is 0 Å². The Morgan fingerprint density at radius 1 is 1.43 bits per heavy atom. The zero-order valence-corrected chi connectivity index (χ0v) is 8.25. The van der Waals surface area contributed by atoms with Crippen molar-refractivity contribution in [2.24, 2.45) is 0 Å². The van der Waals surface area contributed by atoms with E-state index in [2.05, 4.69) is 15.9 Å². The van der Waals surface area contributed by atoms with Crippen LogP contribution < -0.4 is 0 Å². The fourth-order valence-corrected chi connectivity index (χ4v) is 1.44. The number of aliphatic hydroxyl groups excluding tert-OH is 1. The van der Waals surface area contributed by atoms with Crippen LogP contribution in [0.15, 0.2) is 16.6 Å². The number of aliphatic carboxylic acids is 1. The highest BCUT2D eigenvalue weighted by molar-refractivity contribution is 9.10. The van der Waals surface area contributed by atoms with Crippen molar-refractivity contribution in [2.75, 3.05) is 0 Å². The number of aliphatic hydroxyl groups is 1. The minimum atomic E-state index is -2.08. The molecule has 2 N–H and O–H groups in total. The monoisotopic (exact) mass is 266 g/mol. The summed E-state index contributed by atoms with van der Waals surface area (Å²) in [5.74, 6) is -4.21. The van der Waals surface area contributed by atoms with Gasteiger partial charge in [0.1, 0.15) is 0 Å². The normalized spacial score (nSPS) is 12.6. The van der Waals surface area contributed by atoms with E-state index in [9.17, 15) is 13.6 Å². The average Bonchev–Trinajstić information content (AvgIpc) is 2.12. The van der Waals surface area contributed by atoms with E-state index in [-0.39, 0.29) is 4.47 Å². The van der Waals surface area contributed by atoms with Crippen LogP contribution in [0, 0.1) is 11.6 Å². The Morgan fingerprint density at radius 3 is 2.50 bits per heavy atom. The molecule has 0 aromatic heterocycles. The Hall–Kier alpha value is -1.01. The molecule has 3 nitrogen and oxygen atoms in total. The van der Waals surface area contributed by atoms with Crippen LogP contribution in [0.1, 0.15) is 11.7 Å². The van der Waals surface area contributed by atoms with Crippen LogP contribution in [0.5, 0.6) is 0 Å². The highest BCUT2D eigenvalue weighted by Crippen LogP contribution is 2.27. The molecule has 1 atom stereocenters. The third-order valence-electron chi connectivity index (χ3n) is 1.59. The number of carboxylic acid groups (broad SMARTS) is 1. The summed E-state index contributed by atoms with van der Waals surface area (Å²) in [6.45, 7) is 0. The maximum absolute atomic E-state index is 13.0. The van der Waals surface area contributed by atoms with Crippen molar-refractivity contribution < 1.29 is 23.8 Å². The van der Waals surface area contributed by atoms with Crippen LogP contribution in [-0.4, -0.2) is 16.2 Å². The van der Waals surface area contributed by atoms with Gasteiger partial charge >= 0.3 is 5.97 Å². The van der Waals surface area contributed by atoms with Crippen molar-refractivity contribution >= 4 is 21.9 Å². The summed E-state index contributed by atoms with van der Waals surface area (Å²) in [7, 11) is 0. The summed E-state index contributed by atoms with van der Waals surface area (Å²) in [4.78, 5) is 10.4. The third kappa shape index (κ3) is 1.91. The number of carbonyl (C=O) groups is 1. The number of hydrogen-bond acceptors (Lipinski definition) is 2. The van der Waals surface area contributed by atoms with Crippen LogP contribution in [0.2, 0.25) is 0 Å². The van der Waals surface area contributed by atoms with Gasteiger partial charge in [0.25, 0.3) is 0 Å². The molecule has 0 fully saturated rings. The Bertz CT molecular complexity index is 381. The van der Waals surface area contributed by atoms with Crippen molar-refractivity contribution in [1.82, 2.24) is 0 Å². The fourth-order valence-electron chi connectivity index (χ4n) is 0.917. The maximum atomic E-state index is 13.0. The average molecular weight is 267 g/mol. The van der Waals surface area contributed by atoms with Gasteiger partial charge in [-0.3, -0.25) is 0 Å². The number of hydrogen-bond donors (Lipinski definition) is 2. The molecule has 0 radical (unpaired) electrons. The molecule has 6 heteroatoms. The molecule has 0 saturated carbocycles. The first-order chi connectivity index (χ1) is 6.45. The molecular weight excluding hydrogens is 262 g/mol. The molecule has 14 heavy (non-hydrogen) atoms. The summed E-state index contributed by atoms with van der Waals surface area (Å²) in [5, 5.41) is 17.5. The number of carboxylic acids is 1. The molecular formula is C8H5BrF2O3. The summed E-state index contributed by atoms with van der Waals surface area (Å²) in [5.41, 5.74) is -0.613. The van der Waals surface area contributed by atoms with Crippen molar-refractivity contribution in [2.45, 2.75) is 6.10 Å². The molecule has 0 unspecified atom stereocenters. The molecule has 0 amide bonds. The molecule has 0 aliphatic heterocycles. The van der Waals surface area contributed by atoms with Crippen LogP contribution in [-0.2, 0) is 4.79 Å². The van der Waals surface area contributed by atoms with Gasteiger partial charge in [0, 0.05) is 10.0 Å².